The summed E-state index contributed by atoms with van der Waals surface area (Å²) in [6.07, 6.45) is 3.70. The lowest BCUT2D eigenvalue weighted by Crippen LogP contribution is -2.00. The molecule has 6 nitrogen and oxygen atoms in total. The summed E-state index contributed by atoms with van der Waals surface area (Å²) >= 11 is 1.50. The second kappa shape index (κ2) is 4.40. The summed E-state index contributed by atoms with van der Waals surface area (Å²) in [7, 11) is 3.66. The third-order valence-corrected chi connectivity index (χ3v) is 2.74. The van der Waals surface area contributed by atoms with Crippen molar-refractivity contribution in [3.8, 4) is 0 Å². The number of nitrogen functional groups attached to an aromatic ring is 1. The third-order valence-electron chi connectivity index (χ3n) is 1.88. The average molecular weight is 236 g/mol. The van der Waals surface area contributed by atoms with Crippen molar-refractivity contribution >= 4 is 23.5 Å². The Morgan fingerprint density at radius 1 is 1.44 bits per heavy atom. The molecule has 0 bridgehead atoms. The van der Waals surface area contributed by atoms with E-state index in [1.54, 1.807) is 17.9 Å². The Kier molecular flexibility index (Phi) is 2.95. The Labute approximate surface area is 97.3 Å². The first-order chi connectivity index (χ1) is 7.67. The maximum atomic E-state index is 5.60. The van der Waals surface area contributed by atoms with Crippen LogP contribution in [0.2, 0.25) is 0 Å². The van der Waals surface area contributed by atoms with Crippen LogP contribution in [0.4, 0.5) is 11.8 Å². The van der Waals surface area contributed by atoms with Crippen molar-refractivity contribution in [3.05, 3.63) is 18.5 Å². The second-order valence-corrected chi connectivity index (χ2v) is 4.25. The molecule has 0 amide bonds. The van der Waals surface area contributed by atoms with E-state index in [-0.39, 0.29) is 5.95 Å². The molecule has 0 aliphatic carbocycles. The number of aryl methyl sites for hydroxylation is 1. The Morgan fingerprint density at radius 2 is 2.25 bits per heavy atom. The highest BCUT2D eigenvalue weighted by atomic mass is 32.2. The van der Waals surface area contributed by atoms with Crippen LogP contribution in [-0.4, -0.2) is 26.8 Å². The fourth-order valence-electron chi connectivity index (χ4n) is 1.20. The van der Waals surface area contributed by atoms with Gasteiger partial charge in [-0.1, -0.05) is 11.8 Å². The summed E-state index contributed by atoms with van der Waals surface area (Å²) in [6.45, 7) is 0. The van der Waals surface area contributed by atoms with Crippen molar-refractivity contribution in [2.75, 3.05) is 18.1 Å². The molecule has 16 heavy (non-hydrogen) atoms. The minimum Gasteiger partial charge on any atom is -0.373 e. The molecule has 2 aromatic rings. The van der Waals surface area contributed by atoms with Gasteiger partial charge >= 0.3 is 0 Å². The normalized spacial score (nSPS) is 10.4. The predicted octanol–water partition coefficient (Wildman–Crippen LogP) is 0.985. The Balaban J connectivity index is 2.24. The summed E-state index contributed by atoms with van der Waals surface area (Å²) in [5.74, 6) is 0.970. The number of nitrogens with zero attached hydrogens (tertiary/aromatic N) is 4. The number of anilines is 2. The van der Waals surface area contributed by atoms with Crippen molar-refractivity contribution in [3.63, 3.8) is 0 Å². The zero-order chi connectivity index (χ0) is 11.5. The Hall–Kier alpha value is -1.76. The highest BCUT2D eigenvalue weighted by Gasteiger charge is 2.04. The smallest absolute Gasteiger partial charge is 0.223 e. The molecule has 84 valence electrons. The molecule has 2 aromatic heterocycles. The van der Waals surface area contributed by atoms with Crippen LogP contribution >= 0.6 is 11.8 Å². The maximum Gasteiger partial charge on any atom is 0.223 e. The quantitative estimate of drug-likeness (QED) is 0.773. The van der Waals surface area contributed by atoms with Gasteiger partial charge < -0.3 is 11.1 Å². The van der Waals surface area contributed by atoms with Crippen LogP contribution in [0.5, 0.6) is 0 Å². The van der Waals surface area contributed by atoms with E-state index in [1.165, 1.54) is 11.8 Å². The number of rotatable bonds is 3. The molecule has 0 unspecified atom stereocenters. The van der Waals surface area contributed by atoms with E-state index in [9.17, 15) is 0 Å². The van der Waals surface area contributed by atoms with Gasteiger partial charge in [0, 0.05) is 26.4 Å². The van der Waals surface area contributed by atoms with E-state index in [0.717, 1.165) is 9.92 Å². The average Bonchev–Trinajstić information content (AvgIpc) is 2.63. The number of hydrogen-bond donors (Lipinski definition) is 2. The number of hydrogen-bond acceptors (Lipinski definition) is 6. The van der Waals surface area contributed by atoms with E-state index >= 15 is 0 Å². The van der Waals surface area contributed by atoms with Gasteiger partial charge in [-0.05, 0) is 0 Å². The highest BCUT2D eigenvalue weighted by molar-refractivity contribution is 7.99. The lowest BCUT2D eigenvalue weighted by molar-refractivity contribution is 0.766. The van der Waals surface area contributed by atoms with Crippen LogP contribution in [0.1, 0.15) is 0 Å². The maximum absolute atomic E-state index is 5.60. The van der Waals surface area contributed by atoms with Crippen molar-refractivity contribution in [1.29, 1.82) is 0 Å². The fraction of sp³-hybridized carbons (Fsp3) is 0.222. The van der Waals surface area contributed by atoms with Gasteiger partial charge in [0.2, 0.25) is 5.95 Å². The van der Waals surface area contributed by atoms with E-state index in [4.69, 9.17) is 5.73 Å². The molecule has 0 saturated heterocycles. The zero-order valence-corrected chi connectivity index (χ0v) is 9.82. The molecule has 0 saturated carbocycles. The SMILES string of the molecule is CNc1cc(Sc2cnn(C)c2)nc(N)n1. The highest BCUT2D eigenvalue weighted by Crippen LogP contribution is 2.26. The molecule has 2 rings (SSSR count). The van der Waals surface area contributed by atoms with E-state index in [1.807, 2.05) is 19.3 Å². The monoisotopic (exact) mass is 236 g/mol. The van der Waals surface area contributed by atoms with Crippen LogP contribution in [0, 0.1) is 0 Å². The first-order valence-electron chi connectivity index (χ1n) is 4.66. The minimum atomic E-state index is 0.262. The molecule has 2 heterocycles. The third kappa shape index (κ3) is 2.43. The molecule has 0 aliphatic rings. The number of nitrogens with two attached hydrogens (primary N) is 1. The van der Waals surface area contributed by atoms with Crippen LogP contribution in [0.25, 0.3) is 0 Å². The summed E-state index contributed by atoms with van der Waals surface area (Å²) in [4.78, 5) is 9.18. The van der Waals surface area contributed by atoms with Crippen molar-refractivity contribution in [2.24, 2.45) is 7.05 Å². The summed E-state index contributed by atoms with van der Waals surface area (Å²) in [5.41, 5.74) is 5.60. The molecular formula is C9H12N6S. The number of aromatic nitrogens is 4. The van der Waals surface area contributed by atoms with Gasteiger partial charge in [0.1, 0.15) is 10.8 Å². The van der Waals surface area contributed by atoms with Gasteiger partial charge in [0.25, 0.3) is 0 Å². The first-order valence-corrected chi connectivity index (χ1v) is 5.48. The molecule has 3 N–H and O–H groups in total. The summed E-state index contributed by atoms with van der Waals surface area (Å²) in [6, 6.07) is 1.84. The van der Waals surface area contributed by atoms with Gasteiger partial charge in [-0.25, -0.2) is 4.98 Å². The Bertz CT molecular complexity index is 494. The van der Waals surface area contributed by atoms with Gasteiger partial charge in [0.05, 0.1) is 11.1 Å². The second-order valence-electron chi connectivity index (χ2n) is 3.15. The molecular weight excluding hydrogens is 224 g/mol. The molecule has 0 aliphatic heterocycles. The van der Waals surface area contributed by atoms with Crippen LogP contribution in [0.15, 0.2) is 28.4 Å². The summed E-state index contributed by atoms with van der Waals surface area (Å²) < 4.78 is 1.74. The predicted molar refractivity (Wildman–Crippen MR) is 63.3 cm³/mol. The first kappa shape index (κ1) is 10.7. The summed E-state index contributed by atoms with van der Waals surface area (Å²) in [5, 5.41) is 7.81. The largest absolute Gasteiger partial charge is 0.373 e. The van der Waals surface area contributed by atoms with E-state index in [2.05, 4.69) is 20.4 Å². The van der Waals surface area contributed by atoms with Gasteiger partial charge in [-0.15, -0.1) is 0 Å². The Morgan fingerprint density at radius 3 is 2.88 bits per heavy atom. The topological polar surface area (TPSA) is 81.7 Å². The van der Waals surface area contributed by atoms with Crippen LogP contribution in [0.3, 0.4) is 0 Å². The molecule has 0 aromatic carbocycles. The lowest BCUT2D eigenvalue weighted by Gasteiger charge is -2.03. The lowest BCUT2D eigenvalue weighted by atomic mass is 10.6. The van der Waals surface area contributed by atoms with Crippen LogP contribution in [-0.2, 0) is 7.05 Å². The zero-order valence-electron chi connectivity index (χ0n) is 9.01. The molecule has 0 spiro atoms. The van der Waals surface area contributed by atoms with Crippen molar-refractivity contribution < 1.29 is 0 Å². The van der Waals surface area contributed by atoms with Gasteiger partial charge in [0.15, 0.2) is 0 Å². The molecule has 0 fully saturated rings. The minimum absolute atomic E-state index is 0.262. The fourth-order valence-corrected chi connectivity index (χ4v) is 2.05. The van der Waals surface area contributed by atoms with Crippen molar-refractivity contribution in [1.82, 2.24) is 19.7 Å². The van der Waals surface area contributed by atoms with Crippen molar-refractivity contribution in [2.45, 2.75) is 9.92 Å². The molecule has 0 radical (unpaired) electrons. The van der Waals surface area contributed by atoms with Gasteiger partial charge in [-0.2, -0.15) is 10.1 Å². The van der Waals surface area contributed by atoms with Crippen LogP contribution < -0.4 is 11.1 Å². The molecule has 7 heteroatoms. The van der Waals surface area contributed by atoms with Gasteiger partial charge in [-0.3, -0.25) is 4.68 Å². The standard InChI is InChI=1S/C9H12N6S/c1-11-7-3-8(14-9(10)13-7)16-6-4-12-15(2)5-6/h3-5H,1-2H3,(H3,10,11,13,14). The number of nitrogens with one attached hydrogen (secondary N) is 1. The van der Waals surface area contributed by atoms with E-state index in [0.29, 0.717) is 5.82 Å². The van der Waals surface area contributed by atoms with E-state index < -0.39 is 0 Å². The molecule has 0 atom stereocenters.